The van der Waals surface area contributed by atoms with E-state index in [0.29, 0.717) is 23.3 Å². The lowest BCUT2D eigenvalue weighted by atomic mass is 9.87. The fourth-order valence-corrected chi connectivity index (χ4v) is 3.60. The van der Waals surface area contributed by atoms with Gasteiger partial charge in [-0.1, -0.05) is 63.2 Å². The Bertz CT molecular complexity index is 1050. The number of amides is 1. The number of nitrogens with one attached hydrogen (secondary N) is 1. The van der Waals surface area contributed by atoms with Gasteiger partial charge in [-0.05, 0) is 29.5 Å². The topological polar surface area (TPSA) is 93.5 Å². The molecule has 0 saturated heterocycles. The van der Waals surface area contributed by atoms with E-state index in [-0.39, 0.29) is 17.9 Å². The number of carbonyl (C=O) groups is 2. The summed E-state index contributed by atoms with van der Waals surface area (Å²) in [7, 11) is 1.28. The minimum Gasteiger partial charge on any atom is -0.468 e. The van der Waals surface area contributed by atoms with Crippen LogP contribution in [0.25, 0.3) is 11.0 Å². The van der Waals surface area contributed by atoms with Crippen molar-refractivity contribution in [2.24, 2.45) is 5.41 Å². The standard InChI is InChI=1S/C24H29N3O4/c1-24(2,3)14-19(23(30)25-15-20(28)31-4)27-18-13-9-8-12-17(18)26-22(27)21(29)16-10-6-5-7-11-16/h5-13,19,21,29H,14-15H2,1-4H3,(H,25,30). The van der Waals surface area contributed by atoms with Crippen LogP contribution in [-0.2, 0) is 14.3 Å². The second kappa shape index (κ2) is 9.31. The Hall–Kier alpha value is -3.19. The van der Waals surface area contributed by atoms with Crippen LogP contribution < -0.4 is 5.32 Å². The normalized spacial score (nSPS) is 13.6. The molecule has 1 amide bonds. The van der Waals surface area contributed by atoms with Gasteiger partial charge in [-0.2, -0.15) is 0 Å². The summed E-state index contributed by atoms with van der Waals surface area (Å²) in [4.78, 5) is 29.5. The predicted molar refractivity (Wildman–Crippen MR) is 118 cm³/mol. The smallest absolute Gasteiger partial charge is 0.325 e. The molecule has 2 atom stereocenters. The molecule has 0 aliphatic carbocycles. The second-order valence-electron chi connectivity index (χ2n) is 8.72. The average molecular weight is 424 g/mol. The summed E-state index contributed by atoms with van der Waals surface area (Å²) in [5, 5.41) is 13.8. The van der Waals surface area contributed by atoms with Crippen molar-refractivity contribution >= 4 is 22.9 Å². The van der Waals surface area contributed by atoms with Crippen LogP contribution in [0.5, 0.6) is 0 Å². The van der Waals surface area contributed by atoms with Crippen molar-refractivity contribution in [2.45, 2.75) is 39.3 Å². The molecule has 0 bridgehead atoms. The molecule has 0 aliphatic heterocycles. The van der Waals surface area contributed by atoms with E-state index in [4.69, 9.17) is 0 Å². The molecule has 1 heterocycles. The number of hydrogen-bond acceptors (Lipinski definition) is 5. The molecule has 0 spiro atoms. The van der Waals surface area contributed by atoms with Gasteiger partial charge in [0.1, 0.15) is 24.5 Å². The van der Waals surface area contributed by atoms with Crippen LogP contribution >= 0.6 is 0 Å². The monoisotopic (exact) mass is 423 g/mol. The van der Waals surface area contributed by atoms with Gasteiger partial charge in [0.25, 0.3) is 0 Å². The minimum atomic E-state index is -1.01. The summed E-state index contributed by atoms with van der Waals surface area (Å²) in [5.74, 6) is -0.470. The molecule has 0 saturated carbocycles. The summed E-state index contributed by atoms with van der Waals surface area (Å²) < 4.78 is 6.45. The Kier molecular flexibility index (Phi) is 6.75. The van der Waals surface area contributed by atoms with Gasteiger partial charge in [-0.25, -0.2) is 4.98 Å². The molecule has 2 N–H and O–H groups in total. The van der Waals surface area contributed by atoms with Gasteiger partial charge in [0.05, 0.1) is 18.1 Å². The van der Waals surface area contributed by atoms with Crippen LogP contribution in [-0.4, -0.2) is 40.2 Å². The second-order valence-corrected chi connectivity index (χ2v) is 8.72. The number of imidazole rings is 1. The molecule has 3 rings (SSSR count). The molecular weight excluding hydrogens is 394 g/mol. The maximum absolute atomic E-state index is 13.2. The van der Waals surface area contributed by atoms with E-state index < -0.39 is 18.1 Å². The number of ether oxygens (including phenoxy) is 1. The number of para-hydroxylation sites is 2. The number of benzene rings is 2. The lowest BCUT2D eigenvalue weighted by molar-refractivity contribution is -0.141. The predicted octanol–water partition coefficient (Wildman–Crippen LogP) is 3.38. The maximum Gasteiger partial charge on any atom is 0.325 e. The maximum atomic E-state index is 13.2. The first kappa shape index (κ1) is 22.5. The summed E-state index contributed by atoms with van der Waals surface area (Å²) in [6.45, 7) is 5.90. The quantitative estimate of drug-likeness (QED) is 0.568. The van der Waals surface area contributed by atoms with Crippen molar-refractivity contribution in [1.82, 2.24) is 14.9 Å². The molecule has 0 aliphatic rings. The van der Waals surface area contributed by atoms with E-state index in [9.17, 15) is 14.7 Å². The van der Waals surface area contributed by atoms with Gasteiger partial charge >= 0.3 is 5.97 Å². The molecule has 0 radical (unpaired) electrons. The molecule has 164 valence electrons. The van der Waals surface area contributed by atoms with Gasteiger partial charge in [-0.3, -0.25) is 9.59 Å². The molecule has 1 aromatic heterocycles. The third-order valence-corrected chi connectivity index (χ3v) is 5.04. The van der Waals surface area contributed by atoms with Crippen LogP contribution in [0.3, 0.4) is 0 Å². The molecule has 0 fully saturated rings. The van der Waals surface area contributed by atoms with Crippen molar-refractivity contribution in [3.05, 3.63) is 66.0 Å². The largest absolute Gasteiger partial charge is 0.468 e. The molecule has 7 nitrogen and oxygen atoms in total. The third kappa shape index (κ3) is 5.30. The number of aliphatic hydroxyl groups is 1. The zero-order valence-electron chi connectivity index (χ0n) is 18.3. The van der Waals surface area contributed by atoms with E-state index in [1.54, 1.807) is 4.57 Å². The minimum absolute atomic E-state index is 0.201. The highest BCUT2D eigenvalue weighted by molar-refractivity contribution is 5.87. The van der Waals surface area contributed by atoms with Crippen LogP contribution in [0.4, 0.5) is 0 Å². The number of esters is 1. The molecule has 2 aromatic carbocycles. The molecular formula is C24H29N3O4. The highest BCUT2D eigenvalue weighted by Crippen LogP contribution is 2.34. The van der Waals surface area contributed by atoms with Gasteiger partial charge in [0.2, 0.25) is 5.91 Å². The van der Waals surface area contributed by atoms with Gasteiger partial charge in [0.15, 0.2) is 0 Å². The molecule has 7 heteroatoms. The zero-order chi connectivity index (χ0) is 22.6. The van der Waals surface area contributed by atoms with Crippen LogP contribution in [0, 0.1) is 5.41 Å². The summed E-state index contributed by atoms with van der Waals surface area (Å²) >= 11 is 0. The summed E-state index contributed by atoms with van der Waals surface area (Å²) in [6.07, 6.45) is -0.529. The first-order valence-corrected chi connectivity index (χ1v) is 10.3. The van der Waals surface area contributed by atoms with Crippen LogP contribution in [0.2, 0.25) is 0 Å². The first-order chi connectivity index (χ1) is 14.7. The van der Waals surface area contributed by atoms with Crippen LogP contribution in [0.15, 0.2) is 54.6 Å². The van der Waals surface area contributed by atoms with Crippen LogP contribution in [0.1, 0.15) is 50.7 Å². The Morgan fingerprint density at radius 1 is 1.10 bits per heavy atom. The Morgan fingerprint density at radius 3 is 2.39 bits per heavy atom. The molecule has 3 aromatic rings. The number of methoxy groups -OCH3 is 1. The zero-order valence-corrected chi connectivity index (χ0v) is 18.3. The van der Waals surface area contributed by atoms with E-state index in [2.05, 4.69) is 15.0 Å². The van der Waals surface area contributed by atoms with Crippen molar-refractivity contribution < 1.29 is 19.4 Å². The molecule has 31 heavy (non-hydrogen) atoms. The highest BCUT2D eigenvalue weighted by atomic mass is 16.5. The van der Waals surface area contributed by atoms with Crippen molar-refractivity contribution in [3.63, 3.8) is 0 Å². The number of hydrogen-bond donors (Lipinski definition) is 2. The Labute approximate surface area is 182 Å². The fourth-order valence-electron chi connectivity index (χ4n) is 3.60. The lowest BCUT2D eigenvalue weighted by Gasteiger charge is -2.28. The van der Waals surface area contributed by atoms with Gasteiger partial charge in [0, 0.05) is 0 Å². The fraction of sp³-hybridized carbons (Fsp3) is 0.375. The van der Waals surface area contributed by atoms with Gasteiger partial charge < -0.3 is 19.7 Å². The van der Waals surface area contributed by atoms with E-state index in [1.807, 2.05) is 75.4 Å². The average Bonchev–Trinajstić information content (AvgIpc) is 3.14. The number of fused-ring (bicyclic) bond motifs is 1. The van der Waals surface area contributed by atoms with Crippen molar-refractivity contribution in [1.29, 1.82) is 0 Å². The van der Waals surface area contributed by atoms with Gasteiger partial charge in [-0.15, -0.1) is 0 Å². The lowest BCUT2D eigenvalue weighted by Crippen LogP contribution is -2.38. The number of rotatable bonds is 7. The number of aromatic nitrogens is 2. The van der Waals surface area contributed by atoms with Crippen molar-refractivity contribution in [2.75, 3.05) is 13.7 Å². The van der Waals surface area contributed by atoms with E-state index in [0.717, 1.165) is 5.52 Å². The number of aliphatic hydroxyl groups excluding tert-OH is 1. The Morgan fingerprint density at radius 2 is 1.74 bits per heavy atom. The first-order valence-electron chi connectivity index (χ1n) is 10.3. The van der Waals surface area contributed by atoms with E-state index >= 15 is 0 Å². The summed E-state index contributed by atoms with van der Waals surface area (Å²) in [5.41, 5.74) is 1.92. The summed E-state index contributed by atoms with van der Waals surface area (Å²) in [6, 6.07) is 16.0. The Balaban J connectivity index is 2.12. The number of carbonyl (C=O) groups excluding carboxylic acids is 2. The van der Waals surface area contributed by atoms with Crippen molar-refractivity contribution in [3.8, 4) is 0 Å². The molecule has 2 unspecified atom stereocenters. The highest BCUT2D eigenvalue weighted by Gasteiger charge is 2.32. The number of nitrogens with zero attached hydrogens (tertiary/aromatic N) is 2. The third-order valence-electron chi connectivity index (χ3n) is 5.04. The SMILES string of the molecule is COC(=O)CNC(=O)C(CC(C)(C)C)n1c(C(O)c2ccccc2)nc2ccccc21. The van der Waals surface area contributed by atoms with E-state index in [1.165, 1.54) is 7.11 Å².